The minimum atomic E-state index is -0.0660. The van der Waals surface area contributed by atoms with E-state index in [2.05, 4.69) is 17.8 Å². The average molecular weight is 161 g/mol. The van der Waals surface area contributed by atoms with Gasteiger partial charge in [-0.3, -0.25) is 4.79 Å². The minimum Gasteiger partial charge on any atom is -0.349 e. The Balaban J connectivity index is 2.19. The highest BCUT2D eigenvalue weighted by Gasteiger charge is 2.32. The van der Waals surface area contributed by atoms with Crippen LogP contribution in [0.15, 0.2) is 24.3 Å². The van der Waals surface area contributed by atoms with E-state index in [0.717, 1.165) is 0 Å². The van der Waals surface area contributed by atoms with Gasteiger partial charge in [-0.25, -0.2) is 0 Å². The number of rotatable bonds is 0. The molecule has 0 aromatic heterocycles. The molecule has 1 aliphatic heterocycles. The highest BCUT2D eigenvalue weighted by Crippen LogP contribution is 2.27. The van der Waals surface area contributed by atoms with Crippen LogP contribution in [0.1, 0.15) is 6.92 Å². The van der Waals surface area contributed by atoms with Gasteiger partial charge in [-0.2, -0.15) is 0 Å². The quantitative estimate of drug-likeness (QED) is 0.563. The van der Waals surface area contributed by atoms with Gasteiger partial charge in [0.2, 0.25) is 5.91 Å². The molecule has 3 unspecified atom stereocenters. The molecule has 1 aliphatic carbocycles. The summed E-state index contributed by atoms with van der Waals surface area (Å²) < 4.78 is 0. The lowest BCUT2D eigenvalue weighted by molar-refractivity contribution is -0.120. The lowest BCUT2D eigenvalue weighted by atomic mass is 9.79. The minimum absolute atomic E-state index is 0.0660. The van der Waals surface area contributed by atoms with Gasteiger partial charge >= 0.3 is 0 Å². The summed E-state index contributed by atoms with van der Waals surface area (Å²) in [5.74, 6) is 0.557. The van der Waals surface area contributed by atoms with Crippen LogP contribution in [0.3, 0.4) is 0 Å². The number of carbonyl (C=O) groups excluding carboxylic acids is 1. The van der Waals surface area contributed by atoms with E-state index in [-0.39, 0.29) is 17.9 Å². The van der Waals surface area contributed by atoms with Crippen molar-refractivity contribution in [3.8, 4) is 0 Å². The van der Waals surface area contributed by atoms with Crippen LogP contribution in [0.25, 0.3) is 0 Å². The van der Waals surface area contributed by atoms with E-state index < -0.39 is 0 Å². The number of hydrogen-bond donors (Lipinski definition) is 1. The number of carbonyl (C=O) groups is 1. The Kier molecular flexibility index (Phi) is 1.75. The van der Waals surface area contributed by atoms with Gasteiger partial charge in [-0.15, -0.1) is 0 Å². The maximum atomic E-state index is 11.0. The summed E-state index contributed by atoms with van der Waals surface area (Å²) in [5, 5.41) is 2.86. The summed E-state index contributed by atoms with van der Waals surface area (Å²) in [7, 11) is 0. The molecular formula is C10H11NO. The van der Waals surface area contributed by atoms with Crippen LogP contribution in [-0.4, -0.2) is 11.9 Å². The Bertz CT molecular complexity index is 255. The second-order valence-electron chi connectivity index (χ2n) is 3.28. The molecule has 0 spiro atoms. The van der Waals surface area contributed by atoms with Crippen molar-refractivity contribution in [1.82, 2.24) is 5.32 Å². The second kappa shape index (κ2) is 2.77. The Morgan fingerprint density at radius 3 is 3.00 bits per heavy atom. The topological polar surface area (TPSA) is 29.1 Å². The van der Waals surface area contributed by atoms with Crippen molar-refractivity contribution in [3.05, 3.63) is 30.7 Å². The fourth-order valence-corrected chi connectivity index (χ4v) is 1.74. The molecule has 0 saturated carbocycles. The molecule has 2 nitrogen and oxygen atoms in total. The highest BCUT2D eigenvalue weighted by atomic mass is 16.1. The molecule has 1 heterocycles. The standard InChI is InChI=1S/C10H11NO/c1-7-6-10(12)11-9-5-3-2-4-8(7)9/h2-5,7-9H,1H3,(H,11,12). The number of piperidine rings is 1. The van der Waals surface area contributed by atoms with Gasteiger partial charge in [0.15, 0.2) is 0 Å². The average Bonchev–Trinajstić information content (AvgIpc) is 2.04. The van der Waals surface area contributed by atoms with Gasteiger partial charge in [-0.1, -0.05) is 31.2 Å². The third kappa shape index (κ3) is 1.17. The summed E-state index contributed by atoms with van der Waals surface area (Å²) in [6.45, 7) is 2.03. The third-order valence-electron chi connectivity index (χ3n) is 2.41. The van der Waals surface area contributed by atoms with Gasteiger partial charge in [0.1, 0.15) is 0 Å². The first kappa shape index (κ1) is 7.59. The van der Waals surface area contributed by atoms with Gasteiger partial charge in [0.25, 0.3) is 0 Å². The van der Waals surface area contributed by atoms with E-state index in [4.69, 9.17) is 0 Å². The predicted octanol–water partition coefficient (Wildman–Crippen LogP) is 0.944. The fourth-order valence-electron chi connectivity index (χ4n) is 1.74. The van der Waals surface area contributed by atoms with Gasteiger partial charge < -0.3 is 5.32 Å². The number of nitrogens with one attached hydrogen (secondary N) is 1. The molecule has 0 aromatic rings. The summed E-state index contributed by atoms with van der Waals surface area (Å²) in [5.41, 5.74) is 0. The van der Waals surface area contributed by atoms with Gasteiger partial charge in [0, 0.05) is 5.92 Å². The van der Waals surface area contributed by atoms with Crippen LogP contribution in [-0.2, 0) is 4.79 Å². The molecule has 3 atom stereocenters. The summed E-state index contributed by atoms with van der Waals surface area (Å²) in [6.07, 6.45) is 11.0. The maximum absolute atomic E-state index is 11.0. The molecule has 62 valence electrons. The van der Waals surface area contributed by atoms with Crippen LogP contribution < -0.4 is 5.32 Å². The van der Waals surface area contributed by atoms with Crippen molar-refractivity contribution in [3.63, 3.8) is 0 Å². The zero-order valence-electron chi connectivity index (χ0n) is 6.95. The Hall–Kier alpha value is -1.05. The first-order valence-corrected chi connectivity index (χ1v) is 4.19. The van der Waals surface area contributed by atoms with Crippen LogP contribution in [0.2, 0.25) is 0 Å². The Labute approximate surface area is 72.3 Å². The number of amides is 1. The summed E-state index contributed by atoms with van der Waals surface area (Å²) in [4.78, 5) is 11.0. The lowest BCUT2D eigenvalue weighted by Crippen LogP contribution is -2.47. The van der Waals surface area contributed by atoms with E-state index >= 15 is 0 Å². The number of fused-ring (bicyclic) bond motifs is 1. The van der Waals surface area contributed by atoms with E-state index in [9.17, 15) is 4.79 Å². The van der Waals surface area contributed by atoms with Crippen molar-refractivity contribution in [2.75, 3.05) is 0 Å². The third-order valence-corrected chi connectivity index (χ3v) is 2.41. The molecule has 1 fully saturated rings. The van der Waals surface area contributed by atoms with E-state index in [1.165, 1.54) is 0 Å². The van der Waals surface area contributed by atoms with Crippen LogP contribution in [0.4, 0.5) is 0 Å². The molecule has 2 heteroatoms. The van der Waals surface area contributed by atoms with E-state index in [1.807, 2.05) is 25.2 Å². The van der Waals surface area contributed by atoms with Crippen LogP contribution in [0.5, 0.6) is 0 Å². The van der Waals surface area contributed by atoms with Gasteiger partial charge in [0.05, 0.1) is 12.5 Å². The molecule has 12 heavy (non-hydrogen) atoms. The van der Waals surface area contributed by atoms with Crippen LogP contribution in [0, 0.1) is 18.3 Å². The SMILES string of the molecule is CC1[C]C(=O)NC2C=CC=CC12. The molecule has 2 aliphatic rings. The number of hydrogen-bond acceptors (Lipinski definition) is 1. The van der Waals surface area contributed by atoms with E-state index in [0.29, 0.717) is 5.92 Å². The largest absolute Gasteiger partial charge is 0.349 e. The molecular weight excluding hydrogens is 150 g/mol. The second-order valence-corrected chi connectivity index (χ2v) is 3.28. The fraction of sp³-hybridized carbons (Fsp3) is 0.400. The molecule has 1 saturated heterocycles. The summed E-state index contributed by atoms with van der Waals surface area (Å²) in [6, 6.07) is 0.179. The Morgan fingerprint density at radius 1 is 1.42 bits per heavy atom. The molecule has 2 radical (unpaired) electrons. The first-order chi connectivity index (χ1) is 5.77. The molecule has 1 amide bonds. The summed E-state index contributed by atoms with van der Waals surface area (Å²) >= 11 is 0. The van der Waals surface area contributed by atoms with Crippen molar-refractivity contribution in [1.29, 1.82) is 0 Å². The molecule has 0 aromatic carbocycles. The Morgan fingerprint density at radius 2 is 2.17 bits per heavy atom. The van der Waals surface area contributed by atoms with Crippen molar-refractivity contribution in [2.45, 2.75) is 13.0 Å². The van der Waals surface area contributed by atoms with Crippen molar-refractivity contribution < 1.29 is 4.79 Å². The van der Waals surface area contributed by atoms with Crippen molar-refractivity contribution >= 4 is 5.91 Å². The van der Waals surface area contributed by atoms with Crippen LogP contribution >= 0.6 is 0 Å². The first-order valence-electron chi connectivity index (χ1n) is 4.19. The van der Waals surface area contributed by atoms with E-state index in [1.54, 1.807) is 0 Å². The normalized spacial score (nSPS) is 39.1. The molecule has 2 rings (SSSR count). The molecule has 1 N–H and O–H groups in total. The van der Waals surface area contributed by atoms with Gasteiger partial charge in [-0.05, 0) is 5.92 Å². The zero-order chi connectivity index (χ0) is 8.55. The lowest BCUT2D eigenvalue weighted by Gasteiger charge is -2.34. The monoisotopic (exact) mass is 161 g/mol. The highest BCUT2D eigenvalue weighted by molar-refractivity contribution is 5.86. The predicted molar refractivity (Wildman–Crippen MR) is 46.1 cm³/mol. The maximum Gasteiger partial charge on any atom is 0.229 e. The smallest absolute Gasteiger partial charge is 0.229 e. The number of allylic oxidation sites excluding steroid dienone is 2. The zero-order valence-corrected chi connectivity index (χ0v) is 6.95. The van der Waals surface area contributed by atoms with Crippen molar-refractivity contribution in [2.24, 2.45) is 11.8 Å². The molecule has 0 bridgehead atoms.